The van der Waals surface area contributed by atoms with Gasteiger partial charge in [0.25, 0.3) is 0 Å². The lowest BCUT2D eigenvalue weighted by Crippen LogP contribution is -2.03. The average molecular weight is 196 g/mol. The zero-order valence-corrected chi connectivity index (χ0v) is 7.87. The number of carboxylic acid groups (broad SMARTS) is 1. The van der Waals surface area contributed by atoms with Crippen molar-refractivity contribution in [3.8, 4) is 0 Å². The fraction of sp³-hybridized carbons (Fsp3) is 0.364. The van der Waals surface area contributed by atoms with Gasteiger partial charge in [0, 0.05) is 0 Å². The summed E-state index contributed by atoms with van der Waals surface area (Å²) in [4.78, 5) is 10.5. The molecule has 0 saturated heterocycles. The molecular formula is C11H13FO2. The molecule has 2 nitrogen and oxygen atoms in total. The number of hydrogen-bond acceptors (Lipinski definition) is 1. The molecule has 1 aromatic rings. The van der Waals surface area contributed by atoms with Crippen molar-refractivity contribution in [2.75, 3.05) is 6.67 Å². The van der Waals surface area contributed by atoms with Crippen LogP contribution in [0.3, 0.4) is 0 Å². The summed E-state index contributed by atoms with van der Waals surface area (Å²) in [6.45, 7) is -0.360. The van der Waals surface area contributed by atoms with Crippen LogP contribution in [0.25, 0.3) is 0 Å². The van der Waals surface area contributed by atoms with E-state index in [4.69, 9.17) is 5.11 Å². The Kier molecular flexibility index (Phi) is 4.11. The number of alkyl halides is 1. The summed E-state index contributed by atoms with van der Waals surface area (Å²) in [5, 5.41) is 8.64. The molecule has 1 N–H and O–H groups in total. The number of benzene rings is 1. The van der Waals surface area contributed by atoms with E-state index in [-0.39, 0.29) is 13.1 Å². The third-order valence-electron chi connectivity index (χ3n) is 2.04. The minimum absolute atomic E-state index is 0.0163. The van der Waals surface area contributed by atoms with Gasteiger partial charge in [0.2, 0.25) is 0 Å². The molecule has 0 bridgehead atoms. The third kappa shape index (κ3) is 3.17. The predicted molar refractivity (Wildman–Crippen MR) is 52.1 cm³/mol. The van der Waals surface area contributed by atoms with Gasteiger partial charge in [-0.2, -0.15) is 0 Å². The van der Waals surface area contributed by atoms with Crippen LogP contribution in [-0.2, 0) is 17.6 Å². The van der Waals surface area contributed by atoms with Gasteiger partial charge in [-0.25, -0.2) is 0 Å². The van der Waals surface area contributed by atoms with E-state index in [0.717, 1.165) is 11.1 Å². The van der Waals surface area contributed by atoms with Crippen molar-refractivity contribution in [1.82, 2.24) is 0 Å². The summed E-state index contributed by atoms with van der Waals surface area (Å²) >= 11 is 0. The van der Waals surface area contributed by atoms with E-state index in [0.29, 0.717) is 12.8 Å². The summed E-state index contributed by atoms with van der Waals surface area (Å²) in [7, 11) is 0. The van der Waals surface area contributed by atoms with Crippen molar-refractivity contribution in [3.05, 3.63) is 35.4 Å². The highest BCUT2D eigenvalue weighted by Gasteiger charge is 2.05. The molecule has 0 fully saturated rings. The van der Waals surface area contributed by atoms with Crippen LogP contribution < -0.4 is 0 Å². The van der Waals surface area contributed by atoms with Gasteiger partial charge in [0.15, 0.2) is 0 Å². The van der Waals surface area contributed by atoms with Crippen LogP contribution in [0.15, 0.2) is 24.3 Å². The number of carboxylic acids is 1. The molecule has 0 aliphatic heterocycles. The largest absolute Gasteiger partial charge is 0.481 e. The predicted octanol–water partition coefficient (Wildman–Crippen LogP) is 2.22. The lowest BCUT2D eigenvalue weighted by Gasteiger charge is -2.05. The summed E-state index contributed by atoms with van der Waals surface area (Å²) < 4.78 is 12.0. The summed E-state index contributed by atoms with van der Waals surface area (Å²) in [5.74, 6) is -0.849. The van der Waals surface area contributed by atoms with Gasteiger partial charge in [-0.15, -0.1) is 0 Å². The number of aryl methyl sites for hydroxylation is 1. The number of rotatable bonds is 5. The van der Waals surface area contributed by atoms with E-state index in [1.807, 2.05) is 12.1 Å². The lowest BCUT2D eigenvalue weighted by molar-refractivity contribution is -0.136. The van der Waals surface area contributed by atoms with Gasteiger partial charge < -0.3 is 5.11 Å². The second-order valence-electron chi connectivity index (χ2n) is 3.13. The second-order valence-corrected chi connectivity index (χ2v) is 3.13. The van der Waals surface area contributed by atoms with Gasteiger partial charge >= 0.3 is 5.97 Å². The Labute approximate surface area is 82.4 Å². The van der Waals surface area contributed by atoms with E-state index in [1.165, 1.54) is 0 Å². The number of halogens is 1. The Morgan fingerprint density at radius 2 is 1.93 bits per heavy atom. The Hall–Kier alpha value is -1.38. The monoisotopic (exact) mass is 196 g/mol. The highest BCUT2D eigenvalue weighted by molar-refractivity contribution is 5.70. The van der Waals surface area contributed by atoms with Crippen molar-refractivity contribution < 1.29 is 14.3 Å². The van der Waals surface area contributed by atoms with Gasteiger partial charge in [-0.1, -0.05) is 24.3 Å². The second kappa shape index (κ2) is 5.37. The molecule has 0 radical (unpaired) electrons. The maximum atomic E-state index is 12.0. The summed E-state index contributed by atoms with van der Waals surface area (Å²) in [6, 6.07) is 7.28. The third-order valence-corrected chi connectivity index (χ3v) is 2.04. The minimum atomic E-state index is -0.849. The molecule has 1 rings (SSSR count). The average Bonchev–Trinajstić information content (AvgIpc) is 2.16. The SMILES string of the molecule is O=C(O)Cc1ccccc1CCCF. The molecule has 0 heterocycles. The first-order valence-corrected chi connectivity index (χ1v) is 4.58. The first kappa shape index (κ1) is 10.7. The lowest BCUT2D eigenvalue weighted by atomic mass is 10.0. The van der Waals surface area contributed by atoms with Crippen molar-refractivity contribution in [1.29, 1.82) is 0 Å². The normalized spacial score (nSPS) is 10.1. The Bertz CT molecular complexity index is 310. The van der Waals surface area contributed by atoms with Crippen molar-refractivity contribution in [2.45, 2.75) is 19.3 Å². The van der Waals surface area contributed by atoms with E-state index in [2.05, 4.69) is 0 Å². The molecule has 0 amide bonds. The molecule has 0 aromatic heterocycles. The quantitative estimate of drug-likeness (QED) is 0.784. The Morgan fingerprint density at radius 3 is 2.50 bits per heavy atom. The fourth-order valence-corrected chi connectivity index (χ4v) is 1.39. The van der Waals surface area contributed by atoms with Crippen LogP contribution in [-0.4, -0.2) is 17.8 Å². The maximum Gasteiger partial charge on any atom is 0.307 e. The smallest absolute Gasteiger partial charge is 0.307 e. The molecule has 3 heteroatoms. The molecule has 0 atom stereocenters. The van der Waals surface area contributed by atoms with Crippen LogP contribution in [0.4, 0.5) is 4.39 Å². The zero-order valence-electron chi connectivity index (χ0n) is 7.87. The number of aliphatic carboxylic acids is 1. The van der Waals surface area contributed by atoms with Gasteiger partial charge in [-0.3, -0.25) is 9.18 Å². The molecule has 0 spiro atoms. The van der Waals surface area contributed by atoms with Crippen LogP contribution in [0, 0.1) is 0 Å². The van der Waals surface area contributed by atoms with E-state index < -0.39 is 5.97 Å². The first-order valence-electron chi connectivity index (χ1n) is 4.58. The molecule has 0 saturated carbocycles. The van der Waals surface area contributed by atoms with Crippen LogP contribution >= 0.6 is 0 Å². The van der Waals surface area contributed by atoms with Crippen LogP contribution in [0.2, 0.25) is 0 Å². The Morgan fingerprint density at radius 1 is 1.29 bits per heavy atom. The van der Waals surface area contributed by atoms with Gasteiger partial charge in [0.1, 0.15) is 0 Å². The van der Waals surface area contributed by atoms with Crippen molar-refractivity contribution >= 4 is 5.97 Å². The van der Waals surface area contributed by atoms with Crippen molar-refractivity contribution in [3.63, 3.8) is 0 Å². The summed E-state index contributed by atoms with van der Waals surface area (Å²) in [6.07, 6.45) is 1.08. The molecule has 1 aromatic carbocycles. The number of hydrogen-bond donors (Lipinski definition) is 1. The fourth-order valence-electron chi connectivity index (χ4n) is 1.39. The molecular weight excluding hydrogens is 183 g/mol. The minimum Gasteiger partial charge on any atom is -0.481 e. The standard InChI is InChI=1S/C11H13FO2/c12-7-3-6-9-4-1-2-5-10(9)8-11(13)14/h1-2,4-5H,3,6-8H2,(H,13,14). The highest BCUT2D eigenvalue weighted by atomic mass is 19.1. The molecule has 0 unspecified atom stereocenters. The van der Waals surface area contributed by atoms with Gasteiger partial charge in [-0.05, 0) is 24.0 Å². The Balaban J connectivity index is 2.74. The molecule has 76 valence electrons. The maximum absolute atomic E-state index is 12.0. The first-order chi connectivity index (χ1) is 6.74. The zero-order chi connectivity index (χ0) is 10.4. The highest BCUT2D eigenvalue weighted by Crippen LogP contribution is 2.11. The van der Waals surface area contributed by atoms with Crippen molar-refractivity contribution in [2.24, 2.45) is 0 Å². The van der Waals surface area contributed by atoms with E-state index in [1.54, 1.807) is 12.1 Å². The molecule has 0 aliphatic rings. The topological polar surface area (TPSA) is 37.3 Å². The summed E-state index contributed by atoms with van der Waals surface area (Å²) in [5.41, 5.74) is 1.72. The van der Waals surface area contributed by atoms with Crippen LogP contribution in [0.1, 0.15) is 17.5 Å². The molecule has 14 heavy (non-hydrogen) atoms. The van der Waals surface area contributed by atoms with Crippen LogP contribution in [0.5, 0.6) is 0 Å². The van der Waals surface area contributed by atoms with E-state index in [9.17, 15) is 9.18 Å². The number of carbonyl (C=O) groups is 1. The van der Waals surface area contributed by atoms with Gasteiger partial charge in [0.05, 0.1) is 13.1 Å². The molecule has 0 aliphatic carbocycles. The van der Waals surface area contributed by atoms with E-state index >= 15 is 0 Å².